The Morgan fingerprint density at radius 3 is 2.85 bits per heavy atom. The molecule has 2 aromatic carbocycles. The maximum Gasteiger partial charge on any atom is 0.510 e. The Bertz CT molecular complexity index is 1510. The van der Waals surface area contributed by atoms with Gasteiger partial charge in [0.2, 0.25) is 18.0 Å². The van der Waals surface area contributed by atoms with E-state index in [0.717, 1.165) is 34.4 Å². The fourth-order valence-corrected chi connectivity index (χ4v) is 6.67. The Kier molecular flexibility index (Phi) is 6.88. The van der Waals surface area contributed by atoms with E-state index in [2.05, 4.69) is 22.9 Å². The fourth-order valence-electron chi connectivity index (χ4n) is 5.29. The molecule has 0 N–H and O–H groups in total. The van der Waals surface area contributed by atoms with Gasteiger partial charge in [0.15, 0.2) is 5.69 Å². The molecule has 0 bridgehead atoms. The van der Waals surface area contributed by atoms with Gasteiger partial charge in [-0.15, -0.1) is 11.8 Å². The van der Waals surface area contributed by atoms with E-state index in [1.54, 1.807) is 27.5 Å². The van der Waals surface area contributed by atoms with Crippen LogP contribution in [0.4, 0.5) is 4.79 Å². The van der Waals surface area contributed by atoms with Crippen LogP contribution in [0.25, 0.3) is 0 Å². The lowest BCUT2D eigenvalue weighted by Crippen LogP contribution is -2.66. The van der Waals surface area contributed by atoms with Crippen LogP contribution in [-0.4, -0.2) is 61.5 Å². The number of hydrogen-bond acceptors (Lipinski definition) is 9. The van der Waals surface area contributed by atoms with Crippen molar-refractivity contribution < 1.29 is 28.5 Å². The third-order valence-corrected chi connectivity index (χ3v) is 8.45. The molecule has 3 aromatic rings. The number of pyridine rings is 1. The molecule has 6 rings (SSSR count). The second-order valence-electron chi connectivity index (χ2n) is 9.04. The lowest BCUT2D eigenvalue weighted by atomic mass is 9.93. The highest BCUT2D eigenvalue weighted by Crippen LogP contribution is 2.46. The monoisotopic (exact) mass is 569 g/mol. The highest BCUT2D eigenvalue weighted by atomic mass is 35.5. The van der Waals surface area contributed by atoms with Gasteiger partial charge in [0, 0.05) is 40.0 Å². The van der Waals surface area contributed by atoms with Crippen LogP contribution in [0.5, 0.6) is 5.75 Å². The van der Waals surface area contributed by atoms with Gasteiger partial charge in [-0.05, 0) is 23.3 Å². The number of rotatable bonds is 4. The first-order chi connectivity index (χ1) is 19.0. The predicted molar refractivity (Wildman–Crippen MR) is 143 cm³/mol. The van der Waals surface area contributed by atoms with Gasteiger partial charge in [0.25, 0.3) is 5.91 Å². The molecule has 10 nitrogen and oxygen atoms in total. The number of amides is 1. The minimum atomic E-state index is -0.972. The third-order valence-electron chi connectivity index (χ3n) is 6.98. The molecule has 2 atom stereocenters. The van der Waals surface area contributed by atoms with Crippen molar-refractivity contribution in [1.82, 2.24) is 9.58 Å². The van der Waals surface area contributed by atoms with Crippen molar-refractivity contribution in [3.63, 3.8) is 0 Å². The van der Waals surface area contributed by atoms with Crippen LogP contribution in [-0.2, 0) is 20.0 Å². The van der Waals surface area contributed by atoms with E-state index in [0.29, 0.717) is 18.2 Å². The summed E-state index contributed by atoms with van der Waals surface area (Å²) in [5, 5.41) is 2.62. The molecule has 39 heavy (non-hydrogen) atoms. The number of thioether (sulfide) groups is 1. The van der Waals surface area contributed by atoms with Gasteiger partial charge < -0.3 is 23.8 Å². The molecule has 3 aliphatic heterocycles. The molecule has 0 spiro atoms. The Morgan fingerprint density at radius 2 is 2.00 bits per heavy atom. The van der Waals surface area contributed by atoms with Gasteiger partial charge in [0.05, 0.1) is 20.3 Å². The topological polar surface area (TPSA) is 99.5 Å². The molecule has 0 aliphatic carbocycles. The van der Waals surface area contributed by atoms with E-state index in [4.69, 9.17) is 25.8 Å². The molecule has 1 aromatic heterocycles. The van der Waals surface area contributed by atoms with Crippen LogP contribution in [0, 0.1) is 0 Å². The minimum Gasteiger partial charge on any atom is -0.451 e. The second kappa shape index (κ2) is 10.5. The molecule has 1 fully saturated rings. The number of nitrogens with zero attached hydrogens (tertiary/aromatic N) is 3. The molecular weight excluding hydrogens is 546 g/mol. The van der Waals surface area contributed by atoms with E-state index in [1.807, 2.05) is 29.3 Å². The maximum atomic E-state index is 13.9. The lowest BCUT2D eigenvalue weighted by molar-refractivity contribution is -0.0209. The average molecular weight is 570 g/mol. The van der Waals surface area contributed by atoms with Crippen LogP contribution < -0.4 is 15.2 Å². The fraction of sp³-hybridized carbons (Fsp3) is 0.296. The molecule has 12 heteroatoms. The van der Waals surface area contributed by atoms with Crippen LogP contribution in [0.3, 0.4) is 0 Å². The highest BCUT2D eigenvalue weighted by Gasteiger charge is 2.46. The van der Waals surface area contributed by atoms with Crippen molar-refractivity contribution in [3.05, 3.63) is 92.4 Å². The number of halogens is 1. The zero-order valence-corrected chi connectivity index (χ0v) is 22.4. The molecular formula is C27H24ClN3O7S. The quantitative estimate of drug-likeness (QED) is 0.343. The molecule has 202 valence electrons. The van der Waals surface area contributed by atoms with E-state index < -0.39 is 30.6 Å². The Hall–Kier alpha value is -3.67. The average Bonchev–Trinajstić information content (AvgIpc) is 3.12. The van der Waals surface area contributed by atoms with Crippen molar-refractivity contribution >= 4 is 35.4 Å². The summed E-state index contributed by atoms with van der Waals surface area (Å²) >= 11 is 8.62. The number of benzene rings is 2. The van der Waals surface area contributed by atoms with Crippen LogP contribution in [0.2, 0.25) is 5.02 Å². The zero-order chi connectivity index (χ0) is 27.1. The summed E-state index contributed by atoms with van der Waals surface area (Å²) in [4.78, 5) is 41.1. The van der Waals surface area contributed by atoms with Crippen molar-refractivity contribution in [2.24, 2.45) is 0 Å². The Labute approximate surface area is 232 Å². The predicted octanol–water partition coefficient (Wildman–Crippen LogP) is 3.77. The molecule has 1 amide bonds. The first-order valence-corrected chi connectivity index (χ1v) is 13.6. The summed E-state index contributed by atoms with van der Waals surface area (Å²) in [5.74, 6) is 0.107. The second-order valence-corrected chi connectivity index (χ2v) is 10.5. The van der Waals surface area contributed by atoms with Gasteiger partial charge in [-0.2, -0.15) is 0 Å². The van der Waals surface area contributed by atoms with Gasteiger partial charge >= 0.3 is 6.16 Å². The number of carbonyl (C=O) groups is 2. The Balaban J connectivity index is 1.57. The first kappa shape index (κ1) is 25.6. The summed E-state index contributed by atoms with van der Waals surface area (Å²) in [6.07, 6.45) is 0.0952. The molecule has 4 heterocycles. The molecule has 0 saturated carbocycles. The molecule has 0 unspecified atom stereocenters. The number of hydrogen-bond donors (Lipinski definition) is 0. The normalized spacial score (nSPS) is 19.7. The summed E-state index contributed by atoms with van der Waals surface area (Å²) in [7, 11) is 1.16. The van der Waals surface area contributed by atoms with Gasteiger partial charge in [-0.3, -0.25) is 19.3 Å². The SMILES string of the molecule is COC(=O)OCOc1c2n(ccc1=O)N([C@@H]1c3ccccc3SCc3cccc(Cl)c31)[C@@H]1COCCN1C2=O. The number of carbonyl (C=O) groups excluding carboxylic acids is 2. The van der Waals surface area contributed by atoms with Gasteiger partial charge in [-0.1, -0.05) is 41.9 Å². The standard InChI is InChI=1S/C27H24ClN3O7S/c1-35-27(34)38-15-37-25-19(32)9-10-30-24(25)26(33)29-11-12-36-13-21(29)31(30)23-17-6-2-3-8-20(17)39-14-16-5-4-7-18(28)22(16)23/h2-10,21,23H,11-15H2,1H3/t21-,23-/m1/s1. The van der Waals surface area contributed by atoms with Crippen LogP contribution in [0.1, 0.15) is 33.2 Å². The zero-order valence-electron chi connectivity index (χ0n) is 20.9. The number of fused-ring (bicyclic) bond motifs is 4. The molecule has 1 saturated heterocycles. The molecule has 0 radical (unpaired) electrons. The number of methoxy groups -OCH3 is 1. The summed E-state index contributed by atoms with van der Waals surface area (Å²) in [5.41, 5.74) is 2.49. The van der Waals surface area contributed by atoms with E-state index in [-0.39, 0.29) is 24.0 Å². The molecule has 3 aliphatic rings. The number of aromatic nitrogens is 1. The van der Waals surface area contributed by atoms with E-state index in [9.17, 15) is 14.4 Å². The number of morpholine rings is 1. The van der Waals surface area contributed by atoms with Crippen LogP contribution >= 0.6 is 23.4 Å². The van der Waals surface area contributed by atoms with E-state index >= 15 is 0 Å². The number of ether oxygens (including phenoxy) is 4. The summed E-state index contributed by atoms with van der Waals surface area (Å²) in [6, 6.07) is 14.8. The van der Waals surface area contributed by atoms with Gasteiger partial charge in [-0.25, -0.2) is 4.79 Å². The smallest absolute Gasteiger partial charge is 0.451 e. The Morgan fingerprint density at radius 1 is 1.15 bits per heavy atom. The van der Waals surface area contributed by atoms with Crippen molar-refractivity contribution in [2.75, 3.05) is 38.7 Å². The first-order valence-electron chi connectivity index (χ1n) is 12.2. The van der Waals surface area contributed by atoms with Crippen molar-refractivity contribution in [3.8, 4) is 5.75 Å². The third kappa shape index (κ3) is 4.40. The maximum absolute atomic E-state index is 13.9. The summed E-state index contributed by atoms with van der Waals surface area (Å²) < 4.78 is 22.4. The van der Waals surface area contributed by atoms with Crippen molar-refractivity contribution in [2.45, 2.75) is 22.9 Å². The van der Waals surface area contributed by atoms with Gasteiger partial charge in [0.1, 0.15) is 12.2 Å². The van der Waals surface area contributed by atoms with E-state index in [1.165, 1.54) is 6.07 Å². The summed E-state index contributed by atoms with van der Waals surface area (Å²) in [6.45, 7) is 0.323. The van der Waals surface area contributed by atoms with Crippen LogP contribution in [0.15, 0.2) is 64.4 Å². The highest BCUT2D eigenvalue weighted by molar-refractivity contribution is 7.98. The largest absolute Gasteiger partial charge is 0.510 e. The van der Waals surface area contributed by atoms with Crippen molar-refractivity contribution in [1.29, 1.82) is 0 Å². The lowest BCUT2D eigenvalue weighted by Gasteiger charge is -2.51. The minimum absolute atomic E-state index is 0.0251.